The van der Waals surface area contributed by atoms with E-state index >= 15 is 0 Å². The molecule has 2 unspecified atom stereocenters. The molecular weight excluding hydrogens is 224 g/mol. The van der Waals surface area contributed by atoms with Gasteiger partial charge in [-0.25, -0.2) is 0 Å². The third-order valence-electron chi connectivity index (χ3n) is 4.60. The Kier molecular flexibility index (Phi) is 5.93. The number of hydrogen-bond acceptors (Lipinski definition) is 3. The first-order chi connectivity index (χ1) is 8.75. The summed E-state index contributed by atoms with van der Waals surface area (Å²) in [6.07, 6.45) is 9.44. The second-order valence-corrected chi connectivity index (χ2v) is 6.37. The minimum Gasteiger partial charge on any atom is -0.381 e. The largest absolute Gasteiger partial charge is 0.381 e. The Morgan fingerprint density at radius 2 is 1.94 bits per heavy atom. The van der Waals surface area contributed by atoms with Crippen molar-refractivity contribution in [3.8, 4) is 0 Å². The molecule has 3 nitrogen and oxygen atoms in total. The highest BCUT2D eigenvalue weighted by Gasteiger charge is 2.23. The maximum absolute atomic E-state index is 6.38. The fraction of sp³-hybridized carbons (Fsp3) is 1.00. The third kappa shape index (κ3) is 4.52. The van der Waals surface area contributed by atoms with Gasteiger partial charge in [0.05, 0.1) is 6.61 Å². The van der Waals surface area contributed by atoms with Gasteiger partial charge < -0.3 is 15.4 Å². The lowest BCUT2D eigenvalue weighted by atomic mass is 9.84. The first kappa shape index (κ1) is 14.3. The van der Waals surface area contributed by atoms with Gasteiger partial charge in [0.1, 0.15) is 0 Å². The van der Waals surface area contributed by atoms with Crippen LogP contribution in [-0.2, 0) is 4.74 Å². The van der Waals surface area contributed by atoms with Crippen molar-refractivity contribution in [1.82, 2.24) is 4.90 Å². The Morgan fingerprint density at radius 3 is 2.61 bits per heavy atom. The lowest BCUT2D eigenvalue weighted by Gasteiger charge is -2.32. The molecule has 18 heavy (non-hydrogen) atoms. The summed E-state index contributed by atoms with van der Waals surface area (Å²) in [6, 6.07) is 0.375. The van der Waals surface area contributed by atoms with Gasteiger partial charge in [0, 0.05) is 25.7 Å². The number of hydrogen-bond donors (Lipinski definition) is 1. The lowest BCUT2D eigenvalue weighted by molar-refractivity contribution is 0.0403. The van der Waals surface area contributed by atoms with Crippen molar-refractivity contribution in [3.63, 3.8) is 0 Å². The minimum absolute atomic E-state index is 0.375. The maximum Gasteiger partial charge on any atom is 0.0506 e. The predicted molar refractivity (Wildman–Crippen MR) is 75.6 cm³/mol. The first-order valence-corrected chi connectivity index (χ1v) is 7.77. The normalized spacial score (nSPS) is 28.5. The summed E-state index contributed by atoms with van der Waals surface area (Å²) >= 11 is 0. The van der Waals surface area contributed by atoms with Crippen LogP contribution in [0.5, 0.6) is 0 Å². The fourth-order valence-corrected chi connectivity index (χ4v) is 3.54. The van der Waals surface area contributed by atoms with E-state index < -0.39 is 0 Å². The molecule has 0 bridgehead atoms. The van der Waals surface area contributed by atoms with E-state index in [0.29, 0.717) is 6.04 Å². The van der Waals surface area contributed by atoms with Crippen LogP contribution in [0, 0.1) is 11.8 Å². The average molecular weight is 254 g/mol. The molecule has 2 fully saturated rings. The molecule has 0 aromatic carbocycles. The summed E-state index contributed by atoms with van der Waals surface area (Å²) in [6.45, 7) is 4.12. The Hall–Kier alpha value is -0.120. The van der Waals surface area contributed by atoms with Gasteiger partial charge in [-0.15, -0.1) is 0 Å². The van der Waals surface area contributed by atoms with Crippen LogP contribution in [0.4, 0.5) is 0 Å². The molecule has 0 amide bonds. The molecule has 0 spiro atoms. The zero-order valence-corrected chi connectivity index (χ0v) is 11.9. The van der Waals surface area contributed by atoms with Crippen molar-refractivity contribution in [1.29, 1.82) is 0 Å². The third-order valence-corrected chi connectivity index (χ3v) is 4.60. The zero-order valence-electron chi connectivity index (χ0n) is 11.9. The molecular formula is C15H30N2O. The zero-order chi connectivity index (χ0) is 12.8. The van der Waals surface area contributed by atoms with Crippen LogP contribution in [0.3, 0.4) is 0 Å². The van der Waals surface area contributed by atoms with Gasteiger partial charge in [0.25, 0.3) is 0 Å². The smallest absolute Gasteiger partial charge is 0.0506 e. The molecule has 2 rings (SSSR count). The van der Waals surface area contributed by atoms with Crippen LogP contribution >= 0.6 is 0 Å². The number of rotatable bonds is 5. The number of ether oxygens (including phenoxy) is 1. The van der Waals surface area contributed by atoms with E-state index in [1.165, 1.54) is 44.9 Å². The molecule has 106 valence electrons. The predicted octanol–water partition coefficient (Wildman–Crippen LogP) is 2.25. The molecule has 2 aliphatic rings. The number of nitrogens with zero attached hydrogens (tertiary/aromatic N) is 1. The van der Waals surface area contributed by atoms with Gasteiger partial charge in [0.15, 0.2) is 0 Å². The highest BCUT2D eigenvalue weighted by atomic mass is 16.5. The topological polar surface area (TPSA) is 38.5 Å². The van der Waals surface area contributed by atoms with Gasteiger partial charge in [0.2, 0.25) is 0 Å². The lowest BCUT2D eigenvalue weighted by Crippen LogP contribution is -2.43. The second-order valence-electron chi connectivity index (χ2n) is 6.37. The van der Waals surface area contributed by atoms with E-state index in [9.17, 15) is 0 Å². The van der Waals surface area contributed by atoms with Gasteiger partial charge in [-0.1, -0.05) is 19.3 Å². The molecule has 1 saturated heterocycles. The van der Waals surface area contributed by atoms with Gasteiger partial charge >= 0.3 is 0 Å². The van der Waals surface area contributed by atoms with Crippen LogP contribution in [0.1, 0.15) is 44.9 Å². The van der Waals surface area contributed by atoms with E-state index in [-0.39, 0.29) is 0 Å². The van der Waals surface area contributed by atoms with Crippen LogP contribution in [-0.4, -0.2) is 44.3 Å². The standard InChI is InChI=1S/C15H30N2O/c1-17(10-13-6-5-9-18-12-13)11-15(16)14-7-3-2-4-8-14/h13-15H,2-12,16H2,1H3. The molecule has 1 aliphatic carbocycles. The van der Waals surface area contributed by atoms with Gasteiger partial charge in [-0.2, -0.15) is 0 Å². The Balaban J connectivity index is 1.67. The van der Waals surface area contributed by atoms with Gasteiger partial charge in [-0.05, 0) is 44.6 Å². The molecule has 2 atom stereocenters. The van der Waals surface area contributed by atoms with Crippen LogP contribution < -0.4 is 5.73 Å². The second kappa shape index (κ2) is 7.46. The van der Waals surface area contributed by atoms with Crippen molar-refractivity contribution < 1.29 is 4.74 Å². The summed E-state index contributed by atoms with van der Waals surface area (Å²) in [5, 5.41) is 0. The quantitative estimate of drug-likeness (QED) is 0.818. The van der Waals surface area contributed by atoms with Crippen molar-refractivity contribution in [2.75, 3.05) is 33.4 Å². The summed E-state index contributed by atoms with van der Waals surface area (Å²) in [5.41, 5.74) is 6.38. The molecule has 0 radical (unpaired) electrons. The van der Waals surface area contributed by atoms with E-state index in [1.807, 2.05) is 0 Å². The van der Waals surface area contributed by atoms with Crippen molar-refractivity contribution in [2.24, 2.45) is 17.6 Å². The van der Waals surface area contributed by atoms with E-state index in [2.05, 4.69) is 11.9 Å². The van der Waals surface area contributed by atoms with E-state index in [0.717, 1.165) is 38.1 Å². The highest BCUT2D eigenvalue weighted by molar-refractivity contribution is 4.79. The molecule has 1 aliphatic heterocycles. The molecule has 1 saturated carbocycles. The molecule has 3 heteroatoms. The Labute approximate surface area is 112 Å². The fourth-order valence-electron chi connectivity index (χ4n) is 3.54. The van der Waals surface area contributed by atoms with Gasteiger partial charge in [-0.3, -0.25) is 0 Å². The maximum atomic E-state index is 6.38. The monoisotopic (exact) mass is 254 g/mol. The highest BCUT2D eigenvalue weighted by Crippen LogP contribution is 2.26. The minimum atomic E-state index is 0.375. The molecule has 1 heterocycles. The summed E-state index contributed by atoms with van der Waals surface area (Å²) < 4.78 is 5.55. The summed E-state index contributed by atoms with van der Waals surface area (Å²) in [7, 11) is 2.22. The SMILES string of the molecule is CN(CC1CCCOC1)CC(N)C1CCCCC1. The molecule has 0 aromatic heterocycles. The molecule has 2 N–H and O–H groups in total. The average Bonchev–Trinajstić information content (AvgIpc) is 2.40. The van der Waals surface area contributed by atoms with Crippen LogP contribution in [0.25, 0.3) is 0 Å². The van der Waals surface area contributed by atoms with Crippen molar-refractivity contribution >= 4 is 0 Å². The van der Waals surface area contributed by atoms with Crippen molar-refractivity contribution in [3.05, 3.63) is 0 Å². The van der Waals surface area contributed by atoms with Crippen LogP contribution in [0.2, 0.25) is 0 Å². The Bertz CT molecular complexity index is 223. The van der Waals surface area contributed by atoms with E-state index in [1.54, 1.807) is 0 Å². The molecule has 0 aromatic rings. The van der Waals surface area contributed by atoms with E-state index in [4.69, 9.17) is 10.5 Å². The first-order valence-electron chi connectivity index (χ1n) is 7.77. The van der Waals surface area contributed by atoms with Crippen molar-refractivity contribution in [2.45, 2.75) is 51.0 Å². The summed E-state index contributed by atoms with van der Waals surface area (Å²) in [4.78, 5) is 2.43. The van der Waals surface area contributed by atoms with Crippen LogP contribution in [0.15, 0.2) is 0 Å². The number of nitrogens with two attached hydrogens (primary N) is 1. The number of likely N-dealkylation sites (N-methyl/N-ethyl adjacent to an activating group) is 1. The summed E-state index contributed by atoms with van der Waals surface area (Å²) in [5.74, 6) is 1.49. The Morgan fingerprint density at radius 1 is 1.17 bits per heavy atom.